The maximum atomic E-state index is 13.9. The van der Waals surface area contributed by atoms with Gasteiger partial charge < -0.3 is 10.1 Å². The molecule has 0 aliphatic heterocycles. The van der Waals surface area contributed by atoms with E-state index >= 15 is 0 Å². The van der Waals surface area contributed by atoms with E-state index in [1.807, 2.05) is 0 Å². The number of benzene rings is 2. The maximum Gasteiger partial charge on any atom is 0.320 e. The minimum absolute atomic E-state index is 0.00484. The minimum Gasteiger partial charge on any atom is -0.485 e. The number of methoxy groups -OCH3 is 1. The molecule has 2 rings (SSSR count). The molecule has 0 heterocycles. The Hall–Kier alpha value is -4.07. The van der Waals surface area contributed by atoms with Crippen molar-refractivity contribution in [2.75, 3.05) is 12.4 Å². The number of amides is 1. The number of nitro benzene ring substituents is 2. The number of hydrogen-bond acceptors (Lipinski definition) is 7. The van der Waals surface area contributed by atoms with Gasteiger partial charge in [0.05, 0.1) is 39.8 Å². The van der Waals surface area contributed by atoms with Crippen molar-refractivity contribution in [3.05, 3.63) is 67.5 Å². The van der Waals surface area contributed by atoms with Crippen LogP contribution in [0.4, 0.5) is 21.5 Å². The van der Waals surface area contributed by atoms with Crippen LogP contribution < -0.4 is 10.1 Å². The van der Waals surface area contributed by atoms with Gasteiger partial charge in [-0.15, -0.1) is 0 Å². The summed E-state index contributed by atoms with van der Waals surface area (Å²) in [6, 6.07) is 6.50. The van der Waals surface area contributed by atoms with Crippen LogP contribution in [0.2, 0.25) is 0 Å². The maximum absolute atomic E-state index is 13.9. The average molecular weight is 360 g/mol. The molecule has 26 heavy (non-hydrogen) atoms. The Morgan fingerprint density at radius 1 is 1.19 bits per heavy atom. The van der Waals surface area contributed by atoms with Crippen LogP contribution in [0.5, 0.6) is 5.75 Å². The van der Waals surface area contributed by atoms with Crippen molar-refractivity contribution in [2.24, 2.45) is 0 Å². The molecule has 0 unspecified atom stereocenters. The third kappa shape index (κ3) is 3.54. The lowest BCUT2D eigenvalue weighted by Crippen LogP contribution is -2.14. The van der Waals surface area contributed by atoms with Crippen molar-refractivity contribution in [3.63, 3.8) is 0 Å². The summed E-state index contributed by atoms with van der Waals surface area (Å²) in [5.74, 6) is -2.57. The molecule has 132 valence electrons. The fourth-order valence-electron chi connectivity index (χ4n) is 2.12. The Balaban J connectivity index is 2.46. The van der Waals surface area contributed by atoms with Crippen molar-refractivity contribution in [2.45, 2.75) is 0 Å². The molecule has 0 spiro atoms. The van der Waals surface area contributed by atoms with E-state index in [4.69, 9.17) is 10.00 Å². The zero-order chi connectivity index (χ0) is 19.4. The van der Waals surface area contributed by atoms with Gasteiger partial charge in [-0.25, -0.2) is 4.39 Å². The van der Waals surface area contributed by atoms with Crippen LogP contribution in [0, 0.1) is 37.4 Å². The number of nitriles is 1. The van der Waals surface area contributed by atoms with Crippen LogP contribution in [-0.2, 0) is 0 Å². The van der Waals surface area contributed by atoms with Gasteiger partial charge in [0.2, 0.25) is 0 Å². The highest BCUT2D eigenvalue weighted by Gasteiger charge is 2.28. The summed E-state index contributed by atoms with van der Waals surface area (Å²) in [6.07, 6.45) is 0. The fourth-order valence-corrected chi connectivity index (χ4v) is 2.12. The monoisotopic (exact) mass is 360 g/mol. The second-order valence-corrected chi connectivity index (χ2v) is 4.82. The van der Waals surface area contributed by atoms with Gasteiger partial charge >= 0.3 is 11.4 Å². The Kier molecular flexibility index (Phi) is 5.07. The van der Waals surface area contributed by atoms with E-state index in [0.717, 1.165) is 31.4 Å². The number of rotatable bonds is 5. The molecule has 0 saturated carbocycles. The van der Waals surface area contributed by atoms with E-state index in [1.54, 1.807) is 6.07 Å². The summed E-state index contributed by atoms with van der Waals surface area (Å²) < 4.78 is 18.6. The molecule has 0 saturated heterocycles. The van der Waals surface area contributed by atoms with Crippen molar-refractivity contribution >= 4 is 23.0 Å². The van der Waals surface area contributed by atoms with Gasteiger partial charge in [0.1, 0.15) is 5.82 Å². The molecule has 0 aromatic heterocycles. The molecule has 11 heteroatoms. The molecule has 0 aliphatic carbocycles. The van der Waals surface area contributed by atoms with Crippen LogP contribution in [0.1, 0.15) is 15.9 Å². The molecule has 1 amide bonds. The first-order valence-electron chi connectivity index (χ1n) is 6.80. The standard InChI is InChI=1S/C15H9FN4O6/c1-26-14-12(19(22)23)5-9(6-13(14)20(24)25)18-15(21)10-3-2-8(7-17)4-11(10)16/h2-6H,1H3,(H,18,21). The Labute approximate surface area is 144 Å². The lowest BCUT2D eigenvalue weighted by molar-refractivity contribution is -0.395. The molecule has 0 fully saturated rings. The summed E-state index contributed by atoms with van der Waals surface area (Å²) in [6.45, 7) is 0. The average Bonchev–Trinajstić information content (AvgIpc) is 2.60. The van der Waals surface area contributed by atoms with Gasteiger partial charge in [-0.2, -0.15) is 5.26 Å². The molecule has 2 aromatic carbocycles. The predicted molar refractivity (Wildman–Crippen MR) is 85.4 cm³/mol. The summed E-state index contributed by atoms with van der Waals surface area (Å²) in [5.41, 5.74) is -2.22. The van der Waals surface area contributed by atoms with E-state index < -0.39 is 44.3 Å². The van der Waals surface area contributed by atoms with Crippen molar-refractivity contribution in [1.29, 1.82) is 5.26 Å². The molecule has 10 nitrogen and oxygen atoms in total. The number of ether oxygens (including phenoxy) is 1. The first-order chi connectivity index (χ1) is 12.3. The fraction of sp³-hybridized carbons (Fsp3) is 0.0667. The van der Waals surface area contributed by atoms with E-state index in [9.17, 15) is 29.4 Å². The van der Waals surface area contributed by atoms with Crippen molar-refractivity contribution in [3.8, 4) is 11.8 Å². The highest BCUT2D eigenvalue weighted by Crippen LogP contribution is 2.39. The molecule has 2 aromatic rings. The van der Waals surface area contributed by atoms with Crippen LogP contribution in [0.3, 0.4) is 0 Å². The van der Waals surface area contributed by atoms with Gasteiger partial charge in [0.25, 0.3) is 11.7 Å². The second-order valence-electron chi connectivity index (χ2n) is 4.82. The number of halogens is 1. The molecular formula is C15H9FN4O6. The number of nitrogens with one attached hydrogen (secondary N) is 1. The topological polar surface area (TPSA) is 148 Å². The zero-order valence-electron chi connectivity index (χ0n) is 13.1. The Morgan fingerprint density at radius 3 is 2.19 bits per heavy atom. The van der Waals surface area contributed by atoms with Gasteiger partial charge in [0, 0.05) is 12.1 Å². The Bertz CT molecular complexity index is 934. The minimum atomic E-state index is -0.999. The quantitative estimate of drug-likeness (QED) is 0.636. The lowest BCUT2D eigenvalue weighted by atomic mass is 10.1. The lowest BCUT2D eigenvalue weighted by Gasteiger charge is -2.09. The number of anilines is 1. The molecule has 1 N–H and O–H groups in total. The molecule has 0 aliphatic rings. The van der Waals surface area contributed by atoms with Gasteiger partial charge in [-0.05, 0) is 18.2 Å². The predicted octanol–water partition coefficient (Wildman–Crippen LogP) is 2.77. The molecular weight excluding hydrogens is 351 g/mol. The third-order valence-corrected chi connectivity index (χ3v) is 3.25. The van der Waals surface area contributed by atoms with Crippen LogP contribution in [0.15, 0.2) is 30.3 Å². The first kappa shape index (κ1) is 18.3. The summed E-state index contributed by atoms with van der Waals surface area (Å²) in [5, 5.41) is 33.0. The van der Waals surface area contributed by atoms with E-state index in [1.165, 1.54) is 6.07 Å². The molecule has 0 atom stereocenters. The molecule has 0 radical (unpaired) electrons. The Morgan fingerprint density at radius 2 is 1.77 bits per heavy atom. The highest BCUT2D eigenvalue weighted by atomic mass is 19.1. The third-order valence-electron chi connectivity index (χ3n) is 3.25. The van der Waals surface area contributed by atoms with Crippen molar-refractivity contribution in [1.82, 2.24) is 0 Å². The second kappa shape index (κ2) is 7.22. The largest absolute Gasteiger partial charge is 0.485 e. The smallest absolute Gasteiger partial charge is 0.320 e. The van der Waals surface area contributed by atoms with Crippen molar-refractivity contribution < 1.29 is 23.8 Å². The van der Waals surface area contributed by atoms with Crippen LogP contribution >= 0.6 is 0 Å². The summed E-state index contributed by atoms with van der Waals surface area (Å²) in [4.78, 5) is 32.5. The van der Waals surface area contributed by atoms with E-state index in [2.05, 4.69) is 5.32 Å². The SMILES string of the molecule is COc1c([N+](=O)[O-])cc(NC(=O)c2ccc(C#N)cc2F)cc1[N+](=O)[O-]. The van der Waals surface area contributed by atoms with Crippen LogP contribution in [-0.4, -0.2) is 22.9 Å². The van der Waals surface area contributed by atoms with Gasteiger partial charge in [-0.3, -0.25) is 25.0 Å². The number of nitrogens with zero attached hydrogens (tertiary/aromatic N) is 3. The zero-order valence-corrected chi connectivity index (χ0v) is 13.1. The van der Waals surface area contributed by atoms with Gasteiger partial charge in [-0.1, -0.05) is 0 Å². The number of hydrogen-bond donors (Lipinski definition) is 1. The molecule has 0 bridgehead atoms. The summed E-state index contributed by atoms with van der Waals surface area (Å²) >= 11 is 0. The number of nitro groups is 2. The summed E-state index contributed by atoms with van der Waals surface area (Å²) in [7, 11) is 1.03. The van der Waals surface area contributed by atoms with E-state index in [0.29, 0.717) is 0 Å². The highest BCUT2D eigenvalue weighted by molar-refractivity contribution is 6.05. The first-order valence-corrected chi connectivity index (χ1v) is 6.80. The van der Waals surface area contributed by atoms with Crippen LogP contribution in [0.25, 0.3) is 0 Å². The van der Waals surface area contributed by atoms with Gasteiger partial charge in [0.15, 0.2) is 0 Å². The normalized spacial score (nSPS) is 9.88. The number of carbonyl (C=O) groups excluding carboxylic acids is 1. The number of carbonyl (C=O) groups is 1. The van der Waals surface area contributed by atoms with E-state index in [-0.39, 0.29) is 11.3 Å².